The SMILES string of the molecule is CC(N)C1CCN(Cc2ccc(-n3cccn3)cc2)C1. The molecule has 0 bridgehead atoms. The van der Waals surface area contributed by atoms with Gasteiger partial charge in [0.15, 0.2) is 0 Å². The molecule has 4 heteroatoms. The van der Waals surface area contributed by atoms with Gasteiger partial charge in [-0.15, -0.1) is 0 Å². The van der Waals surface area contributed by atoms with Crippen LogP contribution in [0.25, 0.3) is 5.69 Å². The van der Waals surface area contributed by atoms with E-state index in [0.717, 1.165) is 25.3 Å². The van der Waals surface area contributed by atoms with Gasteiger partial charge in [0, 0.05) is 31.5 Å². The fourth-order valence-corrected chi connectivity index (χ4v) is 2.87. The minimum atomic E-state index is 0.308. The van der Waals surface area contributed by atoms with Crippen LogP contribution in [0.3, 0.4) is 0 Å². The Morgan fingerprint density at radius 3 is 2.75 bits per heavy atom. The van der Waals surface area contributed by atoms with Crippen LogP contribution in [0, 0.1) is 5.92 Å². The van der Waals surface area contributed by atoms with Crippen LogP contribution in [0.2, 0.25) is 0 Å². The van der Waals surface area contributed by atoms with Crippen molar-refractivity contribution in [1.82, 2.24) is 14.7 Å². The highest BCUT2D eigenvalue weighted by atomic mass is 15.3. The normalized spacial score (nSPS) is 21.2. The van der Waals surface area contributed by atoms with Crippen LogP contribution < -0.4 is 5.73 Å². The average molecular weight is 270 g/mol. The predicted octanol–water partition coefficient (Wildman–Crippen LogP) is 2.04. The molecule has 1 aromatic carbocycles. The van der Waals surface area contributed by atoms with E-state index in [2.05, 4.69) is 41.2 Å². The van der Waals surface area contributed by atoms with Crippen LogP contribution in [0.4, 0.5) is 0 Å². The predicted molar refractivity (Wildman–Crippen MR) is 80.6 cm³/mol. The van der Waals surface area contributed by atoms with Gasteiger partial charge in [0.2, 0.25) is 0 Å². The summed E-state index contributed by atoms with van der Waals surface area (Å²) < 4.78 is 1.88. The molecular weight excluding hydrogens is 248 g/mol. The van der Waals surface area contributed by atoms with Gasteiger partial charge in [0.25, 0.3) is 0 Å². The summed E-state index contributed by atoms with van der Waals surface area (Å²) in [6.07, 6.45) is 4.98. The Balaban J connectivity index is 1.62. The monoisotopic (exact) mass is 270 g/mol. The second kappa shape index (κ2) is 5.77. The van der Waals surface area contributed by atoms with E-state index < -0.39 is 0 Å². The first kappa shape index (κ1) is 13.3. The summed E-state index contributed by atoms with van der Waals surface area (Å²) in [6.45, 7) is 5.42. The van der Waals surface area contributed by atoms with Crippen LogP contribution in [-0.2, 0) is 6.54 Å². The van der Waals surface area contributed by atoms with Crippen molar-refractivity contribution in [3.8, 4) is 5.69 Å². The Morgan fingerprint density at radius 2 is 2.15 bits per heavy atom. The summed E-state index contributed by atoms with van der Waals surface area (Å²) in [5, 5.41) is 4.24. The third-order valence-electron chi connectivity index (χ3n) is 4.16. The smallest absolute Gasteiger partial charge is 0.0645 e. The number of nitrogens with two attached hydrogens (primary N) is 1. The van der Waals surface area contributed by atoms with Gasteiger partial charge in [0.05, 0.1) is 5.69 Å². The van der Waals surface area contributed by atoms with Crippen molar-refractivity contribution in [2.24, 2.45) is 11.7 Å². The maximum absolute atomic E-state index is 5.99. The zero-order valence-corrected chi connectivity index (χ0v) is 11.9. The lowest BCUT2D eigenvalue weighted by Crippen LogP contribution is -2.29. The highest BCUT2D eigenvalue weighted by Crippen LogP contribution is 2.21. The van der Waals surface area contributed by atoms with Crippen LogP contribution in [0.15, 0.2) is 42.7 Å². The minimum Gasteiger partial charge on any atom is -0.328 e. The highest BCUT2D eigenvalue weighted by molar-refractivity contribution is 5.33. The van der Waals surface area contributed by atoms with Gasteiger partial charge in [0.1, 0.15) is 0 Å². The first-order valence-corrected chi connectivity index (χ1v) is 7.29. The molecule has 0 saturated carbocycles. The van der Waals surface area contributed by atoms with Crippen molar-refractivity contribution < 1.29 is 0 Å². The topological polar surface area (TPSA) is 47.1 Å². The fourth-order valence-electron chi connectivity index (χ4n) is 2.87. The Morgan fingerprint density at radius 1 is 1.35 bits per heavy atom. The molecule has 1 aromatic heterocycles. The van der Waals surface area contributed by atoms with Crippen molar-refractivity contribution in [3.63, 3.8) is 0 Å². The largest absolute Gasteiger partial charge is 0.328 e. The fraction of sp³-hybridized carbons (Fsp3) is 0.438. The van der Waals surface area contributed by atoms with Gasteiger partial charge in [-0.1, -0.05) is 12.1 Å². The second-order valence-corrected chi connectivity index (χ2v) is 5.76. The van der Waals surface area contributed by atoms with Gasteiger partial charge in [-0.3, -0.25) is 4.90 Å². The highest BCUT2D eigenvalue weighted by Gasteiger charge is 2.24. The molecule has 20 heavy (non-hydrogen) atoms. The third-order valence-corrected chi connectivity index (χ3v) is 4.16. The van der Waals surface area contributed by atoms with E-state index in [1.54, 1.807) is 6.20 Å². The minimum absolute atomic E-state index is 0.308. The van der Waals surface area contributed by atoms with E-state index in [4.69, 9.17) is 5.73 Å². The van der Waals surface area contributed by atoms with Crippen LogP contribution >= 0.6 is 0 Å². The lowest BCUT2D eigenvalue weighted by atomic mass is 10.0. The number of likely N-dealkylation sites (tertiary alicyclic amines) is 1. The van der Waals surface area contributed by atoms with Gasteiger partial charge < -0.3 is 5.73 Å². The summed E-state index contributed by atoms with van der Waals surface area (Å²) in [7, 11) is 0. The van der Waals surface area contributed by atoms with Crippen molar-refractivity contribution in [3.05, 3.63) is 48.3 Å². The summed E-state index contributed by atoms with van der Waals surface area (Å²) in [4.78, 5) is 2.50. The van der Waals surface area contributed by atoms with Crippen LogP contribution in [0.1, 0.15) is 18.9 Å². The van der Waals surface area contributed by atoms with Gasteiger partial charge in [-0.25, -0.2) is 4.68 Å². The van der Waals surface area contributed by atoms with E-state index in [1.165, 1.54) is 12.0 Å². The number of hydrogen-bond donors (Lipinski definition) is 1. The summed E-state index contributed by atoms with van der Waals surface area (Å²) >= 11 is 0. The second-order valence-electron chi connectivity index (χ2n) is 5.76. The number of rotatable bonds is 4. The molecule has 0 radical (unpaired) electrons. The molecule has 2 unspecified atom stereocenters. The van der Waals surface area contributed by atoms with Crippen LogP contribution in [-0.4, -0.2) is 33.8 Å². The standard InChI is InChI=1S/C16H22N4/c1-13(17)15-7-10-19(12-15)11-14-3-5-16(6-4-14)20-9-2-8-18-20/h2-6,8-9,13,15H,7,10-12,17H2,1H3. The maximum atomic E-state index is 5.99. The lowest BCUT2D eigenvalue weighted by Gasteiger charge is -2.18. The van der Waals surface area contributed by atoms with Crippen molar-refractivity contribution >= 4 is 0 Å². The maximum Gasteiger partial charge on any atom is 0.0645 e. The molecule has 0 amide bonds. The molecule has 1 fully saturated rings. The zero-order chi connectivity index (χ0) is 13.9. The summed E-state index contributed by atoms with van der Waals surface area (Å²) in [5.41, 5.74) is 8.45. The summed E-state index contributed by atoms with van der Waals surface area (Å²) in [5.74, 6) is 0.651. The average Bonchev–Trinajstić information content (AvgIpc) is 3.10. The van der Waals surface area contributed by atoms with Crippen LogP contribution in [0.5, 0.6) is 0 Å². The quantitative estimate of drug-likeness (QED) is 0.925. The van der Waals surface area contributed by atoms with Crippen molar-refractivity contribution in [2.75, 3.05) is 13.1 Å². The molecular formula is C16H22N4. The number of nitrogens with zero attached hydrogens (tertiary/aromatic N) is 3. The van der Waals surface area contributed by atoms with Gasteiger partial charge >= 0.3 is 0 Å². The molecule has 0 spiro atoms. The molecule has 1 aliphatic heterocycles. The first-order valence-electron chi connectivity index (χ1n) is 7.29. The third kappa shape index (κ3) is 2.92. The zero-order valence-electron chi connectivity index (χ0n) is 11.9. The van der Waals surface area contributed by atoms with E-state index in [9.17, 15) is 0 Å². The van der Waals surface area contributed by atoms with E-state index in [1.807, 2.05) is 16.9 Å². The molecule has 2 aromatic rings. The molecule has 106 valence electrons. The Bertz CT molecular complexity index is 530. The molecule has 2 atom stereocenters. The van der Waals surface area contributed by atoms with E-state index in [-0.39, 0.29) is 0 Å². The van der Waals surface area contributed by atoms with E-state index >= 15 is 0 Å². The Labute approximate surface area is 120 Å². The van der Waals surface area contributed by atoms with Gasteiger partial charge in [-0.05, 0) is 49.6 Å². The molecule has 2 N–H and O–H groups in total. The molecule has 1 aliphatic rings. The van der Waals surface area contributed by atoms with Gasteiger partial charge in [-0.2, -0.15) is 5.10 Å². The van der Waals surface area contributed by atoms with E-state index in [0.29, 0.717) is 12.0 Å². The molecule has 0 aliphatic carbocycles. The molecule has 1 saturated heterocycles. The Hall–Kier alpha value is -1.65. The Kier molecular flexibility index (Phi) is 3.85. The molecule has 4 nitrogen and oxygen atoms in total. The first-order chi connectivity index (χ1) is 9.72. The number of benzene rings is 1. The molecule has 2 heterocycles. The lowest BCUT2D eigenvalue weighted by molar-refractivity contribution is 0.308. The molecule has 3 rings (SSSR count). The van der Waals surface area contributed by atoms with Crippen molar-refractivity contribution in [2.45, 2.75) is 25.9 Å². The summed E-state index contributed by atoms with van der Waals surface area (Å²) in [6, 6.07) is 10.9. The van der Waals surface area contributed by atoms with Crippen molar-refractivity contribution in [1.29, 1.82) is 0 Å². The number of aromatic nitrogens is 2. The number of hydrogen-bond acceptors (Lipinski definition) is 3.